The number of hydrogen-bond acceptors (Lipinski definition) is 5. The topological polar surface area (TPSA) is 89.1 Å². The number of fused-ring (bicyclic) bond motifs is 1. The van der Waals surface area contributed by atoms with Crippen LogP contribution in [0.15, 0.2) is 71.6 Å². The van der Waals surface area contributed by atoms with Crippen LogP contribution in [-0.2, 0) is 26.2 Å². The summed E-state index contributed by atoms with van der Waals surface area (Å²) in [5, 5.41) is -1.31. The van der Waals surface area contributed by atoms with Crippen molar-refractivity contribution in [2.45, 2.75) is 42.5 Å². The molecule has 1 unspecified atom stereocenters. The second-order valence-electron chi connectivity index (χ2n) is 9.67. The number of aromatic amines is 1. The number of sulfone groups is 1. The summed E-state index contributed by atoms with van der Waals surface area (Å²) in [5.74, 6) is -0.585. The summed E-state index contributed by atoms with van der Waals surface area (Å²) >= 11 is 0. The molecule has 194 valence electrons. The van der Waals surface area contributed by atoms with Crippen LogP contribution in [0.3, 0.4) is 0 Å². The summed E-state index contributed by atoms with van der Waals surface area (Å²) in [6.07, 6.45) is -4.64. The number of hydrogen-bond donors (Lipinski definition) is 1. The van der Waals surface area contributed by atoms with Crippen molar-refractivity contribution in [3.8, 4) is 0 Å². The predicted molar refractivity (Wildman–Crippen MR) is 133 cm³/mol. The molecule has 0 bridgehead atoms. The van der Waals surface area contributed by atoms with Crippen LogP contribution in [0.2, 0.25) is 0 Å². The van der Waals surface area contributed by atoms with Crippen molar-refractivity contribution in [2.75, 3.05) is 7.11 Å². The molecule has 37 heavy (non-hydrogen) atoms. The van der Waals surface area contributed by atoms with Gasteiger partial charge in [0.15, 0.2) is 9.84 Å². The molecule has 2 aromatic carbocycles. The summed E-state index contributed by atoms with van der Waals surface area (Å²) in [4.78, 5) is 18.6. The Bertz CT molecular complexity index is 1570. The molecular weight excluding hydrogens is 505 g/mol. The van der Waals surface area contributed by atoms with E-state index in [0.29, 0.717) is 5.56 Å². The third-order valence-electron chi connectivity index (χ3n) is 6.04. The molecule has 4 rings (SSSR count). The fraction of sp³-hybridized carbons (Fsp3) is 0.259. The Balaban J connectivity index is 1.91. The summed E-state index contributed by atoms with van der Waals surface area (Å²) in [7, 11) is -2.88. The molecule has 0 fully saturated rings. The van der Waals surface area contributed by atoms with Gasteiger partial charge in [-0.05, 0) is 59.0 Å². The number of halogens is 3. The number of nitrogens with one attached hydrogen (secondary N) is 1. The largest absolute Gasteiger partial charge is 0.465 e. The van der Waals surface area contributed by atoms with Gasteiger partial charge in [-0.15, -0.1) is 0 Å². The third kappa shape index (κ3) is 5.24. The standard InChI is InChI=1S/C27H25F3N2O4S/c1-26(2,3)18-6-5-7-19(14-18)37(34,35)24(16-8-10-17(11-9-16)25(33)36-4)22-15-21-20(31-22)12-13-23(32-21)27(28,29)30/h5-15,24,31H,1-4H3. The van der Waals surface area contributed by atoms with Crippen LogP contribution >= 0.6 is 0 Å². The molecular formula is C27H25F3N2O4S. The van der Waals surface area contributed by atoms with Crippen LogP contribution in [0.5, 0.6) is 0 Å². The lowest BCUT2D eigenvalue weighted by Crippen LogP contribution is -2.18. The first-order valence-corrected chi connectivity index (χ1v) is 12.9. The highest BCUT2D eigenvalue weighted by Gasteiger charge is 2.35. The molecule has 0 spiro atoms. The van der Waals surface area contributed by atoms with Gasteiger partial charge in [-0.3, -0.25) is 0 Å². The molecule has 6 nitrogen and oxygen atoms in total. The molecule has 0 saturated carbocycles. The highest BCUT2D eigenvalue weighted by Crippen LogP contribution is 2.38. The predicted octanol–water partition coefficient (Wildman–Crippen LogP) is 6.23. The normalized spacial score (nSPS) is 13.5. The Kier molecular flexibility index (Phi) is 6.66. The average molecular weight is 531 g/mol. The van der Waals surface area contributed by atoms with Crippen molar-refractivity contribution in [3.63, 3.8) is 0 Å². The van der Waals surface area contributed by atoms with Crippen molar-refractivity contribution in [3.05, 3.63) is 94.8 Å². The fourth-order valence-electron chi connectivity index (χ4n) is 4.04. The molecule has 0 aliphatic heterocycles. The molecule has 4 aromatic rings. The van der Waals surface area contributed by atoms with Crippen molar-refractivity contribution in [2.24, 2.45) is 0 Å². The lowest BCUT2D eigenvalue weighted by atomic mass is 9.87. The monoisotopic (exact) mass is 530 g/mol. The average Bonchev–Trinajstić information content (AvgIpc) is 3.25. The summed E-state index contributed by atoms with van der Waals surface area (Å²) < 4.78 is 72.5. The van der Waals surface area contributed by atoms with Gasteiger partial charge in [0.05, 0.1) is 28.6 Å². The van der Waals surface area contributed by atoms with Crippen LogP contribution < -0.4 is 0 Å². The molecule has 1 atom stereocenters. The van der Waals surface area contributed by atoms with E-state index in [2.05, 4.69) is 9.97 Å². The van der Waals surface area contributed by atoms with E-state index in [-0.39, 0.29) is 32.6 Å². The van der Waals surface area contributed by atoms with Gasteiger partial charge in [0.2, 0.25) is 0 Å². The zero-order valence-electron chi connectivity index (χ0n) is 20.6. The molecule has 0 amide bonds. The van der Waals surface area contributed by atoms with Gasteiger partial charge in [-0.1, -0.05) is 45.0 Å². The lowest BCUT2D eigenvalue weighted by Gasteiger charge is -2.22. The van der Waals surface area contributed by atoms with Gasteiger partial charge in [-0.2, -0.15) is 13.2 Å². The number of pyridine rings is 1. The minimum atomic E-state index is -4.64. The second kappa shape index (κ2) is 9.33. The van der Waals surface area contributed by atoms with E-state index in [4.69, 9.17) is 4.74 Å². The van der Waals surface area contributed by atoms with E-state index < -0.39 is 32.9 Å². The van der Waals surface area contributed by atoms with E-state index in [1.807, 2.05) is 26.8 Å². The second-order valence-corrected chi connectivity index (χ2v) is 11.7. The number of nitrogens with zero attached hydrogens (tertiary/aromatic N) is 1. The van der Waals surface area contributed by atoms with Crippen LogP contribution in [0.4, 0.5) is 13.2 Å². The van der Waals surface area contributed by atoms with Crippen molar-refractivity contribution in [1.29, 1.82) is 0 Å². The first-order chi connectivity index (χ1) is 17.2. The quantitative estimate of drug-likeness (QED) is 0.309. The number of rotatable bonds is 5. The third-order valence-corrected chi connectivity index (χ3v) is 8.10. The highest BCUT2D eigenvalue weighted by atomic mass is 32.2. The van der Waals surface area contributed by atoms with Crippen molar-refractivity contribution < 1.29 is 31.1 Å². The van der Waals surface area contributed by atoms with Crippen LogP contribution in [0.1, 0.15) is 58.9 Å². The Morgan fingerprint density at radius 3 is 2.24 bits per heavy atom. The molecule has 0 aliphatic rings. The molecule has 10 heteroatoms. The Labute approximate surface area is 212 Å². The van der Waals surface area contributed by atoms with Gasteiger partial charge < -0.3 is 9.72 Å². The van der Waals surface area contributed by atoms with Gasteiger partial charge in [0.25, 0.3) is 0 Å². The fourth-order valence-corrected chi connectivity index (χ4v) is 5.85. The maximum absolute atomic E-state index is 14.1. The van der Waals surface area contributed by atoms with Gasteiger partial charge >= 0.3 is 12.1 Å². The summed E-state index contributed by atoms with van der Waals surface area (Å²) in [6, 6.07) is 15.8. The molecule has 0 radical (unpaired) electrons. The van der Waals surface area contributed by atoms with Crippen molar-refractivity contribution in [1.82, 2.24) is 9.97 Å². The smallest absolute Gasteiger partial charge is 0.433 e. The van der Waals surface area contributed by atoms with E-state index in [0.717, 1.165) is 11.6 Å². The zero-order valence-corrected chi connectivity index (χ0v) is 21.4. The number of aromatic nitrogens is 2. The maximum atomic E-state index is 14.1. The molecule has 0 saturated heterocycles. The lowest BCUT2D eigenvalue weighted by molar-refractivity contribution is -0.140. The van der Waals surface area contributed by atoms with Gasteiger partial charge in [0, 0.05) is 5.69 Å². The number of H-pyrrole nitrogens is 1. The summed E-state index contributed by atoms with van der Waals surface area (Å²) in [5.41, 5.74) is 0.349. The number of benzene rings is 2. The number of esters is 1. The zero-order chi connectivity index (χ0) is 27.2. The molecule has 1 N–H and O–H groups in total. The van der Waals surface area contributed by atoms with Gasteiger partial charge in [0.1, 0.15) is 10.9 Å². The first kappa shape index (κ1) is 26.4. The minimum Gasteiger partial charge on any atom is -0.465 e. The number of carbonyl (C=O) groups is 1. The van der Waals surface area contributed by atoms with Crippen LogP contribution in [0, 0.1) is 0 Å². The van der Waals surface area contributed by atoms with Gasteiger partial charge in [-0.25, -0.2) is 18.2 Å². The first-order valence-electron chi connectivity index (χ1n) is 11.3. The van der Waals surface area contributed by atoms with Crippen LogP contribution in [-0.4, -0.2) is 31.5 Å². The number of carbonyl (C=O) groups excluding carboxylic acids is 1. The Hall–Kier alpha value is -3.66. The van der Waals surface area contributed by atoms with Crippen molar-refractivity contribution >= 4 is 26.8 Å². The van der Waals surface area contributed by atoms with E-state index >= 15 is 0 Å². The van der Waals surface area contributed by atoms with E-state index in [1.165, 1.54) is 49.6 Å². The molecule has 0 aliphatic carbocycles. The number of ether oxygens (including phenoxy) is 1. The summed E-state index contributed by atoms with van der Waals surface area (Å²) in [6.45, 7) is 5.88. The Morgan fingerprint density at radius 1 is 0.973 bits per heavy atom. The van der Waals surface area contributed by atoms with E-state index in [9.17, 15) is 26.4 Å². The molecule has 2 aromatic heterocycles. The number of alkyl halides is 3. The van der Waals surface area contributed by atoms with Crippen LogP contribution in [0.25, 0.3) is 11.0 Å². The molecule has 2 heterocycles. The minimum absolute atomic E-state index is 0.0142. The van der Waals surface area contributed by atoms with E-state index in [1.54, 1.807) is 12.1 Å². The Morgan fingerprint density at radius 2 is 1.65 bits per heavy atom. The highest BCUT2D eigenvalue weighted by molar-refractivity contribution is 7.91. The number of methoxy groups -OCH3 is 1. The SMILES string of the molecule is COC(=O)c1ccc(C(c2cc3nc(C(F)(F)F)ccc3[nH]2)S(=O)(=O)c2cccc(C(C)(C)C)c2)cc1. The maximum Gasteiger partial charge on any atom is 0.433 e.